The number of hydrogen-bond donors (Lipinski definition) is 1. The van der Waals surface area contributed by atoms with Gasteiger partial charge in [0.1, 0.15) is 5.75 Å². The third kappa shape index (κ3) is 4.51. The molecule has 1 N–H and O–H groups in total. The van der Waals surface area contributed by atoms with Crippen LogP contribution in [0.5, 0.6) is 5.75 Å². The first kappa shape index (κ1) is 14.3. The maximum Gasteiger partial charge on any atom is 0.155 e. The molecule has 1 aliphatic rings. The summed E-state index contributed by atoms with van der Waals surface area (Å²) in [6, 6.07) is 7.33. The Morgan fingerprint density at radius 2 is 2.00 bits per heavy atom. The van der Waals surface area contributed by atoms with Gasteiger partial charge in [-0.05, 0) is 37.1 Å². The molecule has 0 bridgehead atoms. The van der Waals surface area contributed by atoms with E-state index in [2.05, 4.69) is 5.32 Å². The molecule has 0 aromatic heterocycles. The monoisotopic (exact) mass is 283 g/mol. The Balaban J connectivity index is 1.95. The van der Waals surface area contributed by atoms with Crippen molar-refractivity contribution in [2.45, 2.75) is 31.1 Å². The maximum absolute atomic E-state index is 12.2. The van der Waals surface area contributed by atoms with Crippen LogP contribution in [-0.4, -0.2) is 33.9 Å². The van der Waals surface area contributed by atoms with Crippen molar-refractivity contribution in [2.75, 3.05) is 19.4 Å². The predicted octanol–water partition coefficient (Wildman–Crippen LogP) is 1.75. The van der Waals surface area contributed by atoms with Crippen LogP contribution in [0.25, 0.3) is 0 Å². The van der Waals surface area contributed by atoms with Gasteiger partial charge >= 0.3 is 0 Å². The van der Waals surface area contributed by atoms with Crippen molar-refractivity contribution in [3.05, 3.63) is 29.8 Å². The van der Waals surface area contributed by atoms with E-state index < -0.39 is 9.84 Å². The largest absolute Gasteiger partial charge is 0.497 e. The lowest BCUT2D eigenvalue weighted by atomic mass is 10.1. The number of ether oxygens (including phenoxy) is 1. The molecule has 19 heavy (non-hydrogen) atoms. The highest BCUT2D eigenvalue weighted by molar-refractivity contribution is 7.90. The first-order valence-corrected chi connectivity index (χ1v) is 8.48. The van der Waals surface area contributed by atoms with Gasteiger partial charge < -0.3 is 10.1 Å². The Morgan fingerprint density at radius 1 is 1.26 bits per heavy atom. The van der Waals surface area contributed by atoms with Crippen molar-refractivity contribution < 1.29 is 13.2 Å². The highest BCUT2D eigenvalue weighted by Gasteiger charge is 2.21. The van der Waals surface area contributed by atoms with E-state index in [-0.39, 0.29) is 17.5 Å². The molecule has 1 fully saturated rings. The minimum atomic E-state index is -3.06. The zero-order valence-electron chi connectivity index (χ0n) is 11.3. The lowest BCUT2D eigenvalue weighted by molar-refractivity contribution is 0.414. The van der Waals surface area contributed by atoms with Gasteiger partial charge in [-0.3, -0.25) is 0 Å². The molecular weight excluding hydrogens is 262 g/mol. The third-order valence-corrected chi connectivity index (χ3v) is 5.10. The van der Waals surface area contributed by atoms with Crippen molar-refractivity contribution >= 4 is 9.84 Å². The van der Waals surface area contributed by atoms with Crippen LogP contribution < -0.4 is 10.1 Å². The van der Waals surface area contributed by atoms with Gasteiger partial charge in [-0.15, -0.1) is 0 Å². The number of piperidine rings is 1. The van der Waals surface area contributed by atoms with Gasteiger partial charge in [0.05, 0.1) is 18.6 Å². The quantitative estimate of drug-likeness (QED) is 0.894. The third-order valence-electron chi connectivity index (χ3n) is 3.41. The van der Waals surface area contributed by atoms with Crippen molar-refractivity contribution in [1.82, 2.24) is 5.32 Å². The van der Waals surface area contributed by atoms with Gasteiger partial charge in [-0.25, -0.2) is 8.42 Å². The summed E-state index contributed by atoms with van der Waals surface area (Å²) in [6.45, 7) is 0.933. The number of benzene rings is 1. The number of nitrogens with one attached hydrogen (secondary N) is 1. The molecule has 1 saturated heterocycles. The van der Waals surface area contributed by atoms with Crippen molar-refractivity contribution in [3.63, 3.8) is 0 Å². The van der Waals surface area contributed by atoms with E-state index in [9.17, 15) is 8.42 Å². The molecule has 1 atom stereocenters. The normalized spacial score (nSPS) is 20.2. The molecule has 1 aromatic rings. The lowest BCUT2D eigenvalue weighted by Crippen LogP contribution is -2.39. The molecule has 0 spiro atoms. The second-order valence-electron chi connectivity index (χ2n) is 5.05. The summed E-state index contributed by atoms with van der Waals surface area (Å²) in [6.07, 6.45) is 3.23. The van der Waals surface area contributed by atoms with Gasteiger partial charge in [0, 0.05) is 6.04 Å². The summed E-state index contributed by atoms with van der Waals surface area (Å²) in [4.78, 5) is 0. The smallest absolute Gasteiger partial charge is 0.155 e. The molecule has 5 heteroatoms. The van der Waals surface area contributed by atoms with Crippen LogP contribution in [-0.2, 0) is 15.6 Å². The van der Waals surface area contributed by atoms with Crippen molar-refractivity contribution in [3.8, 4) is 5.75 Å². The van der Waals surface area contributed by atoms with E-state index in [0.717, 1.165) is 37.1 Å². The van der Waals surface area contributed by atoms with Crippen LogP contribution in [0.4, 0.5) is 0 Å². The van der Waals surface area contributed by atoms with Crippen molar-refractivity contribution in [1.29, 1.82) is 0 Å². The fourth-order valence-corrected chi connectivity index (χ4v) is 4.12. The number of rotatable bonds is 5. The molecule has 1 heterocycles. The molecule has 0 radical (unpaired) electrons. The van der Waals surface area contributed by atoms with Crippen LogP contribution in [0.2, 0.25) is 0 Å². The summed E-state index contributed by atoms with van der Waals surface area (Å²) < 4.78 is 29.4. The summed E-state index contributed by atoms with van der Waals surface area (Å²) in [5.74, 6) is 1.09. The van der Waals surface area contributed by atoms with Gasteiger partial charge in [0.2, 0.25) is 0 Å². The fourth-order valence-electron chi connectivity index (χ4n) is 2.41. The Kier molecular flexibility index (Phi) is 4.82. The summed E-state index contributed by atoms with van der Waals surface area (Å²) in [5, 5.41) is 3.28. The van der Waals surface area contributed by atoms with E-state index in [1.165, 1.54) is 0 Å². The van der Waals surface area contributed by atoms with E-state index in [4.69, 9.17) is 4.74 Å². The Bertz CT molecular complexity index is 490. The van der Waals surface area contributed by atoms with E-state index in [1.54, 1.807) is 19.2 Å². The van der Waals surface area contributed by atoms with Crippen LogP contribution in [0.3, 0.4) is 0 Å². The number of hydrogen-bond acceptors (Lipinski definition) is 4. The molecule has 1 aliphatic heterocycles. The Hall–Kier alpha value is -1.07. The molecule has 1 unspecified atom stereocenters. The zero-order chi connectivity index (χ0) is 13.7. The maximum atomic E-state index is 12.2. The Labute approximate surface area is 115 Å². The first-order valence-electron chi connectivity index (χ1n) is 6.66. The summed E-state index contributed by atoms with van der Waals surface area (Å²) >= 11 is 0. The molecule has 4 nitrogen and oxygen atoms in total. The van der Waals surface area contributed by atoms with Gasteiger partial charge in [0.25, 0.3) is 0 Å². The minimum absolute atomic E-state index is 0.106. The van der Waals surface area contributed by atoms with Gasteiger partial charge in [0.15, 0.2) is 9.84 Å². The van der Waals surface area contributed by atoms with Crippen LogP contribution in [0, 0.1) is 0 Å². The molecule has 0 amide bonds. The predicted molar refractivity (Wildman–Crippen MR) is 76.1 cm³/mol. The number of methoxy groups -OCH3 is 1. The van der Waals surface area contributed by atoms with Crippen LogP contribution >= 0.6 is 0 Å². The SMILES string of the molecule is COc1ccc(CS(=O)(=O)CC2CCCCN2)cc1. The Morgan fingerprint density at radius 3 is 2.58 bits per heavy atom. The second-order valence-corrected chi connectivity index (χ2v) is 7.16. The molecular formula is C14H21NO3S. The molecule has 1 aromatic carbocycles. The fraction of sp³-hybridized carbons (Fsp3) is 0.571. The molecule has 0 saturated carbocycles. The van der Waals surface area contributed by atoms with E-state index in [1.807, 2.05) is 12.1 Å². The van der Waals surface area contributed by atoms with E-state index in [0.29, 0.717) is 0 Å². The first-order chi connectivity index (χ1) is 9.09. The zero-order valence-corrected chi connectivity index (χ0v) is 12.1. The lowest BCUT2D eigenvalue weighted by Gasteiger charge is -2.23. The summed E-state index contributed by atoms with van der Waals surface area (Å²) in [7, 11) is -1.46. The van der Waals surface area contributed by atoms with Gasteiger partial charge in [-0.2, -0.15) is 0 Å². The van der Waals surface area contributed by atoms with E-state index >= 15 is 0 Å². The molecule has 2 rings (SSSR count). The topological polar surface area (TPSA) is 55.4 Å². The summed E-state index contributed by atoms with van der Waals surface area (Å²) in [5.41, 5.74) is 0.816. The number of sulfone groups is 1. The molecule has 0 aliphatic carbocycles. The average Bonchev–Trinajstić information content (AvgIpc) is 2.39. The van der Waals surface area contributed by atoms with Crippen molar-refractivity contribution in [2.24, 2.45) is 0 Å². The minimum Gasteiger partial charge on any atom is -0.497 e. The van der Waals surface area contributed by atoms with Crippen LogP contribution in [0.15, 0.2) is 24.3 Å². The van der Waals surface area contributed by atoms with Gasteiger partial charge in [-0.1, -0.05) is 18.6 Å². The standard InChI is InChI=1S/C14H21NO3S/c1-18-14-7-5-12(6-8-14)10-19(16,17)11-13-4-2-3-9-15-13/h5-8,13,15H,2-4,9-11H2,1H3. The van der Waals surface area contributed by atoms with Crippen LogP contribution in [0.1, 0.15) is 24.8 Å². The highest BCUT2D eigenvalue weighted by Crippen LogP contribution is 2.16. The molecule has 106 valence electrons. The average molecular weight is 283 g/mol. The second kappa shape index (κ2) is 6.39. The highest BCUT2D eigenvalue weighted by atomic mass is 32.2.